The predicted octanol–water partition coefficient (Wildman–Crippen LogP) is 3.35. The van der Waals surface area contributed by atoms with Gasteiger partial charge in [0.05, 0.1) is 14.2 Å². The number of methoxy groups -OCH3 is 2. The number of allylic oxidation sites excluding steroid dienone is 1. The third-order valence-corrected chi connectivity index (χ3v) is 4.25. The second kappa shape index (κ2) is 6.32. The molecular formula is C19H18N4O2. The smallest absolute Gasteiger partial charge is 0.226 e. The first kappa shape index (κ1) is 15.3. The van der Waals surface area contributed by atoms with E-state index in [1.54, 1.807) is 20.5 Å². The molecule has 0 radical (unpaired) electrons. The third kappa shape index (κ3) is 2.71. The summed E-state index contributed by atoms with van der Waals surface area (Å²) in [6.45, 7) is 0. The van der Waals surface area contributed by atoms with Crippen molar-refractivity contribution in [2.75, 3.05) is 19.5 Å². The van der Waals surface area contributed by atoms with Crippen LogP contribution in [0.4, 0.5) is 5.95 Å². The Morgan fingerprint density at radius 2 is 1.92 bits per heavy atom. The van der Waals surface area contributed by atoms with E-state index in [4.69, 9.17) is 9.47 Å². The Hall–Kier alpha value is -3.28. The maximum atomic E-state index is 5.54. The van der Waals surface area contributed by atoms with Gasteiger partial charge in [0.25, 0.3) is 0 Å². The Morgan fingerprint density at radius 1 is 1.04 bits per heavy atom. The van der Waals surface area contributed by atoms with Gasteiger partial charge in [-0.3, -0.25) is 0 Å². The molecule has 0 bridgehead atoms. The molecule has 4 rings (SSSR count). The van der Waals surface area contributed by atoms with Crippen LogP contribution >= 0.6 is 0 Å². The van der Waals surface area contributed by atoms with Crippen molar-refractivity contribution in [3.05, 3.63) is 72.1 Å². The molecule has 1 aliphatic heterocycles. The van der Waals surface area contributed by atoms with Crippen molar-refractivity contribution in [3.63, 3.8) is 0 Å². The number of hydrogen-bond acceptors (Lipinski definition) is 5. The van der Waals surface area contributed by atoms with Crippen molar-refractivity contribution >= 4 is 11.6 Å². The highest BCUT2D eigenvalue weighted by Gasteiger charge is 2.25. The van der Waals surface area contributed by atoms with Crippen LogP contribution in [0, 0.1) is 0 Å². The summed E-state index contributed by atoms with van der Waals surface area (Å²) in [6, 6.07) is 15.7. The zero-order valence-electron chi connectivity index (χ0n) is 14.0. The number of anilines is 1. The maximum Gasteiger partial charge on any atom is 0.226 e. The van der Waals surface area contributed by atoms with Crippen molar-refractivity contribution in [3.8, 4) is 11.5 Å². The molecule has 1 aromatic heterocycles. The molecule has 1 atom stereocenters. The second-order valence-electron chi connectivity index (χ2n) is 5.65. The van der Waals surface area contributed by atoms with Crippen molar-refractivity contribution in [1.82, 2.24) is 14.8 Å². The van der Waals surface area contributed by atoms with Crippen LogP contribution in [-0.2, 0) is 0 Å². The lowest BCUT2D eigenvalue weighted by molar-refractivity contribution is 0.404. The summed E-state index contributed by atoms with van der Waals surface area (Å²) in [5, 5.41) is 7.71. The van der Waals surface area contributed by atoms with Crippen LogP contribution < -0.4 is 14.8 Å². The zero-order chi connectivity index (χ0) is 17.2. The number of nitrogens with zero attached hydrogens (tertiary/aromatic N) is 3. The molecule has 1 unspecified atom stereocenters. The number of aromatic nitrogens is 3. The fourth-order valence-corrected chi connectivity index (χ4v) is 3.02. The van der Waals surface area contributed by atoms with Crippen LogP contribution in [-0.4, -0.2) is 29.0 Å². The van der Waals surface area contributed by atoms with Gasteiger partial charge in [-0.05, 0) is 24.3 Å². The lowest BCUT2D eigenvalue weighted by Gasteiger charge is -2.25. The quantitative estimate of drug-likeness (QED) is 0.793. The van der Waals surface area contributed by atoms with Crippen LogP contribution in [0.15, 0.2) is 60.9 Å². The highest BCUT2D eigenvalue weighted by atomic mass is 16.5. The lowest BCUT2D eigenvalue weighted by atomic mass is 10.0. The summed E-state index contributed by atoms with van der Waals surface area (Å²) in [7, 11) is 3.34. The molecule has 1 N–H and O–H groups in total. The average Bonchev–Trinajstić information content (AvgIpc) is 3.16. The molecule has 0 fully saturated rings. The Kier molecular flexibility index (Phi) is 3.85. The lowest BCUT2D eigenvalue weighted by Crippen LogP contribution is -2.20. The second-order valence-corrected chi connectivity index (χ2v) is 5.65. The van der Waals surface area contributed by atoms with Crippen LogP contribution in [0.1, 0.15) is 17.2 Å². The molecule has 0 spiro atoms. The fraction of sp³-hybridized carbons (Fsp3) is 0.158. The molecule has 0 saturated heterocycles. The van der Waals surface area contributed by atoms with Gasteiger partial charge in [0.1, 0.15) is 23.9 Å². The standard InChI is InChI=1S/C19H18N4O2/c1-24-14-7-5-6-13(10-14)16-11-17(23-19(22-16)20-12-21-23)15-8-3-4-9-18(15)25-2/h3-12,17H,1-2H3,(H,20,21,22). The molecular weight excluding hydrogens is 316 g/mol. The van der Waals surface area contributed by atoms with Crippen molar-refractivity contribution in [1.29, 1.82) is 0 Å². The number of hydrogen-bond donors (Lipinski definition) is 1. The summed E-state index contributed by atoms with van der Waals surface area (Å²) >= 11 is 0. The first-order valence-corrected chi connectivity index (χ1v) is 7.96. The van der Waals surface area contributed by atoms with Gasteiger partial charge in [0.2, 0.25) is 5.95 Å². The topological polar surface area (TPSA) is 61.2 Å². The number of nitrogens with one attached hydrogen (secondary N) is 1. The highest BCUT2D eigenvalue weighted by Crippen LogP contribution is 2.36. The molecule has 6 nitrogen and oxygen atoms in total. The minimum atomic E-state index is -0.115. The van der Waals surface area contributed by atoms with Gasteiger partial charge < -0.3 is 14.8 Å². The van der Waals surface area contributed by atoms with E-state index < -0.39 is 0 Å². The third-order valence-electron chi connectivity index (χ3n) is 4.25. The van der Waals surface area contributed by atoms with E-state index in [0.717, 1.165) is 28.3 Å². The van der Waals surface area contributed by atoms with Crippen molar-refractivity contribution < 1.29 is 9.47 Å². The Balaban J connectivity index is 1.83. The number of benzene rings is 2. The number of fused-ring (bicyclic) bond motifs is 1. The summed E-state index contributed by atoms with van der Waals surface area (Å²) in [6.07, 6.45) is 3.67. The molecule has 2 aromatic carbocycles. The van der Waals surface area contributed by atoms with E-state index in [0.29, 0.717) is 5.95 Å². The molecule has 6 heteroatoms. The van der Waals surface area contributed by atoms with Crippen molar-refractivity contribution in [2.24, 2.45) is 0 Å². The summed E-state index contributed by atoms with van der Waals surface area (Å²) in [5.74, 6) is 2.31. The van der Waals surface area contributed by atoms with E-state index in [1.165, 1.54) is 0 Å². The van der Waals surface area contributed by atoms with Gasteiger partial charge >= 0.3 is 0 Å². The molecule has 126 valence electrons. The Labute approximate surface area is 145 Å². The largest absolute Gasteiger partial charge is 0.497 e. The fourth-order valence-electron chi connectivity index (χ4n) is 3.02. The molecule has 2 heterocycles. The molecule has 3 aromatic rings. The van der Waals surface area contributed by atoms with Gasteiger partial charge in [-0.25, -0.2) is 4.68 Å². The maximum absolute atomic E-state index is 5.54. The average molecular weight is 334 g/mol. The van der Waals surface area contributed by atoms with Crippen LogP contribution in [0.5, 0.6) is 11.5 Å². The number of rotatable bonds is 4. The molecule has 1 aliphatic rings. The van der Waals surface area contributed by atoms with Gasteiger partial charge in [0.15, 0.2) is 0 Å². The van der Waals surface area contributed by atoms with Crippen LogP contribution in [0.25, 0.3) is 5.70 Å². The monoisotopic (exact) mass is 334 g/mol. The summed E-state index contributed by atoms with van der Waals surface area (Å²) in [4.78, 5) is 4.33. The molecule has 0 amide bonds. The van der Waals surface area contributed by atoms with E-state index in [2.05, 4.69) is 21.5 Å². The van der Waals surface area contributed by atoms with E-state index in [-0.39, 0.29) is 6.04 Å². The Bertz CT molecular complexity index is 932. The minimum absolute atomic E-state index is 0.115. The summed E-state index contributed by atoms with van der Waals surface area (Å²) < 4.78 is 12.7. The summed E-state index contributed by atoms with van der Waals surface area (Å²) in [5.41, 5.74) is 3.00. The molecule has 25 heavy (non-hydrogen) atoms. The normalized spacial score (nSPS) is 15.8. The van der Waals surface area contributed by atoms with Gasteiger partial charge in [-0.15, -0.1) is 0 Å². The van der Waals surface area contributed by atoms with Crippen LogP contribution in [0.2, 0.25) is 0 Å². The van der Waals surface area contributed by atoms with E-state index >= 15 is 0 Å². The van der Waals surface area contributed by atoms with Gasteiger partial charge in [-0.1, -0.05) is 30.3 Å². The van der Waals surface area contributed by atoms with Gasteiger partial charge in [0, 0.05) is 16.8 Å². The predicted molar refractivity (Wildman–Crippen MR) is 95.7 cm³/mol. The first-order chi connectivity index (χ1) is 12.3. The zero-order valence-corrected chi connectivity index (χ0v) is 14.0. The molecule has 0 saturated carbocycles. The number of ether oxygens (including phenoxy) is 2. The highest BCUT2D eigenvalue weighted by molar-refractivity contribution is 5.77. The van der Waals surface area contributed by atoms with Crippen molar-refractivity contribution in [2.45, 2.75) is 6.04 Å². The van der Waals surface area contributed by atoms with E-state index in [1.807, 2.05) is 53.2 Å². The first-order valence-electron chi connectivity index (χ1n) is 7.96. The van der Waals surface area contributed by atoms with Crippen LogP contribution in [0.3, 0.4) is 0 Å². The SMILES string of the molecule is COc1cccc(C2=CC(c3ccccc3OC)n3ncnc3N2)c1. The van der Waals surface area contributed by atoms with Gasteiger partial charge in [-0.2, -0.15) is 10.1 Å². The van der Waals surface area contributed by atoms with E-state index in [9.17, 15) is 0 Å². The minimum Gasteiger partial charge on any atom is -0.497 e. The number of para-hydroxylation sites is 1. The molecule has 0 aliphatic carbocycles. The Morgan fingerprint density at radius 3 is 2.76 bits per heavy atom.